The monoisotopic (exact) mass is 385 g/mol. The van der Waals surface area contributed by atoms with Gasteiger partial charge in [-0.05, 0) is 68.3 Å². The number of rotatable bonds is 4. The molecule has 1 aromatic heterocycles. The van der Waals surface area contributed by atoms with E-state index in [1.807, 2.05) is 0 Å². The summed E-state index contributed by atoms with van der Waals surface area (Å²) in [7, 11) is 0. The highest BCUT2D eigenvalue weighted by atomic mass is 16.4. The third-order valence-electron chi connectivity index (χ3n) is 7.84. The lowest BCUT2D eigenvalue weighted by molar-refractivity contribution is -0.154. The van der Waals surface area contributed by atoms with E-state index in [2.05, 4.69) is 15.3 Å². The van der Waals surface area contributed by atoms with Gasteiger partial charge in [0.1, 0.15) is 0 Å². The minimum absolute atomic E-state index is 0.00875. The Balaban J connectivity index is 1.45. The average molecular weight is 385 g/mol. The highest BCUT2D eigenvalue weighted by Crippen LogP contribution is 2.63. The van der Waals surface area contributed by atoms with E-state index < -0.39 is 6.09 Å². The quantitative estimate of drug-likeness (QED) is 0.728. The van der Waals surface area contributed by atoms with Gasteiger partial charge >= 0.3 is 6.09 Å². The van der Waals surface area contributed by atoms with Gasteiger partial charge in [-0.2, -0.15) is 0 Å². The number of anilines is 1. The summed E-state index contributed by atoms with van der Waals surface area (Å²) in [5.74, 6) is 1.95. The van der Waals surface area contributed by atoms with Crippen molar-refractivity contribution in [1.29, 1.82) is 0 Å². The van der Waals surface area contributed by atoms with Gasteiger partial charge in [0.25, 0.3) is 0 Å². The van der Waals surface area contributed by atoms with Crippen LogP contribution in [0.4, 0.5) is 10.7 Å². The lowest BCUT2D eigenvalue weighted by atomic mass is 9.44. The van der Waals surface area contributed by atoms with Crippen molar-refractivity contribution >= 4 is 17.9 Å². The molecule has 0 aromatic carbocycles. The maximum Gasteiger partial charge on any atom is 0.407 e. The normalized spacial score (nSPS) is 41.2. The number of carboxylic acid groups (broad SMARTS) is 1. The summed E-state index contributed by atoms with van der Waals surface area (Å²) in [6, 6.07) is 1.65. The predicted octanol–water partition coefficient (Wildman–Crippen LogP) is 1.94. The summed E-state index contributed by atoms with van der Waals surface area (Å²) >= 11 is 0. The highest BCUT2D eigenvalue weighted by Gasteiger charge is 2.61. The predicted molar refractivity (Wildman–Crippen MR) is 101 cm³/mol. The number of nitrogens with one attached hydrogen (secondary N) is 1. The van der Waals surface area contributed by atoms with Crippen molar-refractivity contribution in [3.8, 4) is 0 Å². The van der Waals surface area contributed by atoms with Crippen molar-refractivity contribution in [2.75, 3.05) is 11.9 Å². The molecule has 4 saturated carbocycles. The van der Waals surface area contributed by atoms with E-state index in [0.29, 0.717) is 30.2 Å². The van der Waals surface area contributed by atoms with Gasteiger partial charge in [0.15, 0.2) is 0 Å². The fraction of sp³-hybridized carbons (Fsp3) is 0.700. The van der Waals surface area contributed by atoms with Crippen molar-refractivity contribution in [1.82, 2.24) is 14.9 Å². The van der Waals surface area contributed by atoms with Crippen molar-refractivity contribution in [2.45, 2.75) is 50.6 Å². The minimum atomic E-state index is -0.860. The van der Waals surface area contributed by atoms with Crippen molar-refractivity contribution in [2.24, 2.45) is 34.8 Å². The molecule has 2 heterocycles. The molecule has 4 aliphatic carbocycles. The summed E-state index contributed by atoms with van der Waals surface area (Å²) in [4.78, 5) is 34.4. The number of nitrogens with zero attached hydrogens (tertiary/aromatic N) is 3. The van der Waals surface area contributed by atoms with E-state index in [4.69, 9.17) is 5.73 Å². The highest BCUT2D eigenvalue weighted by molar-refractivity contribution is 5.81. The van der Waals surface area contributed by atoms with Crippen LogP contribution in [0.25, 0.3) is 0 Å². The molecule has 4 atom stereocenters. The number of nitrogens with two attached hydrogens (primary N) is 1. The molecule has 8 heteroatoms. The zero-order valence-electron chi connectivity index (χ0n) is 15.8. The van der Waals surface area contributed by atoms with Crippen LogP contribution < -0.4 is 11.1 Å². The number of likely N-dealkylation sites (tertiary alicyclic amines) is 1. The molecule has 4 unspecified atom stereocenters. The van der Waals surface area contributed by atoms with E-state index in [1.165, 1.54) is 0 Å². The van der Waals surface area contributed by atoms with Gasteiger partial charge in [0, 0.05) is 24.4 Å². The van der Waals surface area contributed by atoms with Crippen molar-refractivity contribution in [3.05, 3.63) is 18.5 Å². The number of hydrogen-bond acceptors (Lipinski definition) is 5. The lowest BCUT2D eigenvalue weighted by Crippen LogP contribution is -2.61. The molecule has 5 fully saturated rings. The van der Waals surface area contributed by atoms with Crippen LogP contribution in [-0.2, 0) is 4.79 Å². The lowest BCUT2D eigenvalue weighted by Gasteiger charge is -2.61. The smallest absolute Gasteiger partial charge is 0.407 e. The zero-order chi connectivity index (χ0) is 19.5. The molecule has 0 spiro atoms. The van der Waals surface area contributed by atoms with Gasteiger partial charge in [0.2, 0.25) is 11.9 Å². The molecule has 1 aromatic rings. The van der Waals surface area contributed by atoms with Crippen LogP contribution >= 0.6 is 0 Å². The second-order valence-electron chi connectivity index (χ2n) is 9.27. The molecular weight excluding hydrogens is 358 g/mol. The van der Waals surface area contributed by atoms with Crippen molar-refractivity contribution in [3.63, 3.8) is 0 Å². The Bertz CT molecular complexity index is 771. The van der Waals surface area contributed by atoms with E-state index in [9.17, 15) is 14.7 Å². The van der Waals surface area contributed by atoms with Crippen LogP contribution in [0.2, 0.25) is 0 Å². The maximum absolute atomic E-state index is 12.2. The minimum Gasteiger partial charge on any atom is -0.465 e. The van der Waals surface area contributed by atoms with Gasteiger partial charge in [-0.3, -0.25) is 4.79 Å². The van der Waals surface area contributed by atoms with E-state index in [-0.39, 0.29) is 29.3 Å². The number of amides is 2. The Morgan fingerprint density at radius 1 is 1.18 bits per heavy atom. The number of hydrogen-bond donors (Lipinski definition) is 3. The largest absolute Gasteiger partial charge is 0.465 e. The van der Waals surface area contributed by atoms with Crippen molar-refractivity contribution < 1.29 is 14.7 Å². The summed E-state index contributed by atoms with van der Waals surface area (Å²) < 4.78 is 0. The Morgan fingerprint density at radius 2 is 1.86 bits per heavy atom. The Labute approximate surface area is 163 Å². The summed E-state index contributed by atoms with van der Waals surface area (Å²) in [5.41, 5.74) is 5.47. The topological polar surface area (TPSA) is 121 Å². The maximum atomic E-state index is 12.2. The number of primary amides is 1. The van der Waals surface area contributed by atoms with Gasteiger partial charge in [-0.15, -0.1) is 0 Å². The van der Waals surface area contributed by atoms with Crippen LogP contribution in [0.1, 0.15) is 38.5 Å². The molecule has 28 heavy (non-hydrogen) atoms. The standard InChI is InChI=1S/C20H27N5O3/c21-17(26)20-8-11-6-12(9-20)15(13(7-11)10-20)16-14(2-5-25(16)19(27)28)24-18-22-3-1-4-23-18/h1,3-4,11-16H,2,5-10H2,(H2,21,26)(H,27,28)(H,22,23,24). The molecular formula is C20H27N5O3. The molecule has 4 bridgehead atoms. The number of carbonyl (C=O) groups excluding carboxylic acids is 1. The molecule has 150 valence electrons. The van der Waals surface area contributed by atoms with Gasteiger partial charge in [0.05, 0.1) is 12.1 Å². The Hall–Kier alpha value is -2.38. The van der Waals surface area contributed by atoms with Crippen LogP contribution in [0.15, 0.2) is 18.5 Å². The molecule has 0 radical (unpaired) electrons. The molecule has 1 aliphatic heterocycles. The second kappa shape index (κ2) is 6.32. The van der Waals surface area contributed by atoms with E-state index in [1.54, 1.807) is 23.4 Å². The first kappa shape index (κ1) is 17.7. The van der Waals surface area contributed by atoms with E-state index >= 15 is 0 Å². The summed E-state index contributed by atoms with van der Waals surface area (Å²) in [6.45, 7) is 0.519. The second-order valence-corrected chi connectivity index (χ2v) is 9.27. The zero-order valence-corrected chi connectivity index (χ0v) is 15.8. The van der Waals surface area contributed by atoms with Crippen LogP contribution in [-0.4, -0.2) is 50.6 Å². The van der Waals surface area contributed by atoms with Crippen LogP contribution in [0.3, 0.4) is 0 Å². The molecule has 5 aliphatic rings. The third kappa shape index (κ3) is 2.64. The Kier molecular flexibility index (Phi) is 4.00. The summed E-state index contributed by atoms with van der Waals surface area (Å²) in [5, 5.41) is 13.3. The van der Waals surface area contributed by atoms with Gasteiger partial charge in [-0.1, -0.05) is 0 Å². The molecule has 2 amide bonds. The SMILES string of the molecule is NC(=O)C12CC3CC(C1)C(C1C(Nc4ncccn4)CCN1C(=O)O)C(C3)C2. The van der Waals surface area contributed by atoms with E-state index in [0.717, 1.165) is 38.5 Å². The first-order valence-corrected chi connectivity index (χ1v) is 10.3. The average Bonchev–Trinajstić information content (AvgIpc) is 3.05. The fourth-order valence-corrected chi connectivity index (χ4v) is 7.13. The Morgan fingerprint density at radius 3 is 2.46 bits per heavy atom. The van der Waals surface area contributed by atoms with Crippen LogP contribution in [0, 0.1) is 29.1 Å². The number of aromatic nitrogens is 2. The van der Waals surface area contributed by atoms with Gasteiger partial charge < -0.3 is 21.1 Å². The third-order valence-corrected chi connectivity index (χ3v) is 7.84. The molecule has 4 N–H and O–H groups in total. The molecule has 6 rings (SSSR count). The number of carbonyl (C=O) groups is 2. The van der Waals surface area contributed by atoms with Crippen LogP contribution in [0.5, 0.6) is 0 Å². The molecule has 8 nitrogen and oxygen atoms in total. The molecule has 1 saturated heterocycles. The fourth-order valence-electron chi connectivity index (χ4n) is 7.13. The first-order valence-electron chi connectivity index (χ1n) is 10.3. The summed E-state index contributed by atoms with van der Waals surface area (Å²) in [6.07, 6.45) is 8.01. The van der Waals surface area contributed by atoms with Gasteiger partial charge in [-0.25, -0.2) is 14.8 Å². The first-order chi connectivity index (χ1) is 13.5.